The molecule has 0 atom stereocenters. The minimum Gasteiger partial charge on any atom is -0.464 e. The van der Waals surface area contributed by atoms with Gasteiger partial charge in [0.15, 0.2) is 23.9 Å². The first-order valence-corrected chi connectivity index (χ1v) is 7.68. The number of nitrogens with zero attached hydrogens (tertiary/aromatic N) is 1. The molecular formula is C16H10BrF4NO3. The quantitative estimate of drug-likeness (QED) is 0.419. The SMILES string of the molecule is COCOc1cc(-c2nc3cc(Br)ccc3o2)cc(C(F)(F)F)c1F. The van der Waals surface area contributed by atoms with Crippen molar-refractivity contribution in [1.29, 1.82) is 0 Å². The number of alkyl halides is 3. The summed E-state index contributed by atoms with van der Waals surface area (Å²) in [4.78, 5) is 4.14. The Hall–Kier alpha value is -2.13. The van der Waals surface area contributed by atoms with Crippen LogP contribution >= 0.6 is 15.9 Å². The number of oxazole rings is 1. The minimum atomic E-state index is -4.90. The maximum atomic E-state index is 14.1. The molecular weight excluding hydrogens is 410 g/mol. The fraction of sp³-hybridized carbons (Fsp3) is 0.188. The van der Waals surface area contributed by atoms with Crippen LogP contribution in [0.15, 0.2) is 39.2 Å². The molecule has 0 amide bonds. The number of hydrogen-bond donors (Lipinski definition) is 0. The Kier molecular flexibility index (Phi) is 4.70. The number of methoxy groups -OCH3 is 1. The van der Waals surface area contributed by atoms with Gasteiger partial charge in [-0.15, -0.1) is 0 Å². The monoisotopic (exact) mass is 419 g/mol. The molecule has 0 bridgehead atoms. The Labute approximate surface area is 147 Å². The maximum Gasteiger partial charge on any atom is 0.419 e. The molecule has 3 aromatic rings. The molecule has 0 N–H and O–H groups in total. The number of fused-ring (bicyclic) bond motifs is 1. The third-order valence-corrected chi connectivity index (χ3v) is 3.77. The zero-order valence-electron chi connectivity index (χ0n) is 12.7. The molecule has 0 saturated carbocycles. The van der Waals surface area contributed by atoms with Crippen molar-refractivity contribution in [3.05, 3.63) is 46.2 Å². The first kappa shape index (κ1) is 17.7. The topological polar surface area (TPSA) is 44.5 Å². The number of benzene rings is 2. The Morgan fingerprint density at radius 1 is 1.20 bits per heavy atom. The first-order valence-electron chi connectivity index (χ1n) is 6.88. The van der Waals surface area contributed by atoms with Crippen molar-refractivity contribution in [2.24, 2.45) is 0 Å². The molecule has 0 aliphatic rings. The van der Waals surface area contributed by atoms with Crippen molar-refractivity contribution < 1.29 is 31.5 Å². The number of rotatable bonds is 4. The summed E-state index contributed by atoms with van der Waals surface area (Å²) in [6, 6.07) is 6.69. The van der Waals surface area contributed by atoms with Gasteiger partial charge in [0.1, 0.15) is 5.52 Å². The van der Waals surface area contributed by atoms with Crippen LogP contribution in [0.5, 0.6) is 5.75 Å². The second-order valence-corrected chi connectivity index (χ2v) is 5.93. The molecule has 0 unspecified atom stereocenters. The number of hydrogen-bond acceptors (Lipinski definition) is 4. The summed E-state index contributed by atoms with van der Waals surface area (Å²) in [5.41, 5.74) is -0.705. The van der Waals surface area contributed by atoms with Crippen LogP contribution in [0.4, 0.5) is 17.6 Å². The third-order valence-electron chi connectivity index (χ3n) is 3.27. The average Bonchev–Trinajstić information content (AvgIpc) is 2.95. The van der Waals surface area contributed by atoms with Gasteiger partial charge in [-0.1, -0.05) is 15.9 Å². The third kappa shape index (κ3) is 3.62. The predicted molar refractivity (Wildman–Crippen MR) is 84.6 cm³/mol. The van der Waals surface area contributed by atoms with E-state index in [1.54, 1.807) is 18.2 Å². The molecule has 1 heterocycles. The Morgan fingerprint density at radius 3 is 2.64 bits per heavy atom. The highest BCUT2D eigenvalue weighted by molar-refractivity contribution is 9.10. The second kappa shape index (κ2) is 6.64. The van der Waals surface area contributed by atoms with E-state index in [-0.39, 0.29) is 11.5 Å². The van der Waals surface area contributed by atoms with Crippen LogP contribution < -0.4 is 4.74 Å². The number of halogens is 5. The zero-order chi connectivity index (χ0) is 18.2. The lowest BCUT2D eigenvalue weighted by Crippen LogP contribution is -2.11. The van der Waals surface area contributed by atoms with E-state index in [4.69, 9.17) is 9.15 Å². The summed E-state index contributed by atoms with van der Waals surface area (Å²) in [5, 5.41) is 0. The van der Waals surface area contributed by atoms with E-state index >= 15 is 0 Å². The fourth-order valence-electron chi connectivity index (χ4n) is 2.18. The fourth-order valence-corrected chi connectivity index (χ4v) is 2.53. The summed E-state index contributed by atoms with van der Waals surface area (Å²) >= 11 is 3.27. The van der Waals surface area contributed by atoms with Gasteiger partial charge in [0, 0.05) is 17.1 Å². The molecule has 0 saturated heterocycles. The van der Waals surface area contributed by atoms with E-state index in [2.05, 4.69) is 25.7 Å². The highest BCUT2D eigenvalue weighted by atomic mass is 79.9. The summed E-state index contributed by atoms with van der Waals surface area (Å²) in [5.74, 6) is -2.21. The normalized spacial score (nSPS) is 11.9. The molecule has 0 spiro atoms. The largest absolute Gasteiger partial charge is 0.464 e. The van der Waals surface area contributed by atoms with Gasteiger partial charge >= 0.3 is 6.18 Å². The van der Waals surface area contributed by atoms with Crippen molar-refractivity contribution in [3.8, 4) is 17.2 Å². The van der Waals surface area contributed by atoms with Crippen molar-refractivity contribution in [3.63, 3.8) is 0 Å². The van der Waals surface area contributed by atoms with Gasteiger partial charge in [0.05, 0.1) is 5.56 Å². The van der Waals surface area contributed by atoms with E-state index in [1.165, 1.54) is 7.11 Å². The maximum absolute atomic E-state index is 14.1. The van der Waals surface area contributed by atoms with Crippen LogP contribution in [0.1, 0.15) is 5.56 Å². The van der Waals surface area contributed by atoms with E-state index < -0.39 is 30.1 Å². The Balaban J connectivity index is 2.16. The molecule has 132 valence electrons. The summed E-state index contributed by atoms with van der Waals surface area (Å²) in [7, 11) is 1.27. The summed E-state index contributed by atoms with van der Waals surface area (Å²) in [6.45, 7) is -0.405. The minimum absolute atomic E-state index is 0.0628. The van der Waals surface area contributed by atoms with E-state index in [0.717, 1.165) is 10.5 Å². The van der Waals surface area contributed by atoms with Crippen LogP contribution in [0.3, 0.4) is 0 Å². The van der Waals surface area contributed by atoms with Gasteiger partial charge < -0.3 is 13.9 Å². The van der Waals surface area contributed by atoms with Crippen LogP contribution in [0.2, 0.25) is 0 Å². The molecule has 0 radical (unpaired) electrons. The van der Waals surface area contributed by atoms with Crippen molar-refractivity contribution >= 4 is 27.0 Å². The zero-order valence-corrected chi connectivity index (χ0v) is 14.2. The molecule has 25 heavy (non-hydrogen) atoms. The predicted octanol–water partition coefficient (Wildman–Crippen LogP) is 5.40. The van der Waals surface area contributed by atoms with Crippen molar-refractivity contribution in [1.82, 2.24) is 4.98 Å². The van der Waals surface area contributed by atoms with Crippen LogP contribution in [-0.2, 0) is 10.9 Å². The van der Waals surface area contributed by atoms with Gasteiger partial charge in [0.25, 0.3) is 0 Å². The Morgan fingerprint density at radius 2 is 1.96 bits per heavy atom. The van der Waals surface area contributed by atoms with Gasteiger partial charge in [0.2, 0.25) is 5.89 Å². The summed E-state index contributed by atoms with van der Waals surface area (Å²) < 4.78 is 69.2. The van der Waals surface area contributed by atoms with Gasteiger partial charge in [-0.25, -0.2) is 9.37 Å². The molecule has 4 nitrogen and oxygen atoms in total. The van der Waals surface area contributed by atoms with Gasteiger partial charge in [-0.2, -0.15) is 13.2 Å². The highest BCUT2D eigenvalue weighted by Crippen LogP contribution is 2.39. The molecule has 3 rings (SSSR count). The molecule has 9 heteroatoms. The van der Waals surface area contributed by atoms with E-state index in [9.17, 15) is 17.6 Å². The molecule has 1 aromatic heterocycles. The van der Waals surface area contributed by atoms with Crippen LogP contribution in [0, 0.1) is 5.82 Å². The van der Waals surface area contributed by atoms with Crippen LogP contribution in [0.25, 0.3) is 22.6 Å². The lowest BCUT2D eigenvalue weighted by molar-refractivity contribution is -0.140. The smallest absolute Gasteiger partial charge is 0.419 e. The summed E-state index contributed by atoms with van der Waals surface area (Å²) in [6.07, 6.45) is -4.90. The lowest BCUT2D eigenvalue weighted by atomic mass is 10.1. The van der Waals surface area contributed by atoms with Crippen molar-refractivity contribution in [2.45, 2.75) is 6.18 Å². The van der Waals surface area contributed by atoms with Crippen LogP contribution in [-0.4, -0.2) is 18.9 Å². The standard InChI is InChI=1S/C16H10BrF4NO3/c1-23-7-24-13-5-8(4-10(14(13)18)16(19,20)21)15-22-11-6-9(17)2-3-12(11)25-15/h2-6H,7H2,1H3. The van der Waals surface area contributed by atoms with E-state index in [0.29, 0.717) is 17.2 Å². The molecule has 2 aromatic carbocycles. The molecule has 0 aliphatic carbocycles. The van der Waals surface area contributed by atoms with Crippen molar-refractivity contribution in [2.75, 3.05) is 13.9 Å². The number of ether oxygens (including phenoxy) is 2. The molecule has 0 aliphatic heterocycles. The second-order valence-electron chi connectivity index (χ2n) is 5.02. The van der Waals surface area contributed by atoms with Gasteiger partial charge in [-0.05, 0) is 30.3 Å². The highest BCUT2D eigenvalue weighted by Gasteiger charge is 2.36. The van der Waals surface area contributed by atoms with Gasteiger partial charge in [-0.3, -0.25) is 0 Å². The van der Waals surface area contributed by atoms with E-state index in [1.807, 2.05) is 0 Å². The Bertz CT molecular complexity index is 924. The first-order chi connectivity index (χ1) is 11.8. The molecule has 0 fully saturated rings. The number of aromatic nitrogens is 1. The average molecular weight is 420 g/mol. The lowest BCUT2D eigenvalue weighted by Gasteiger charge is -2.13.